The molecular weight excluding hydrogens is 168 g/mol. The lowest BCUT2D eigenvalue weighted by Crippen LogP contribution is -1.85. The SMILES string of the molecule is C1CCC1.C=COC=C.OCCO. The summed E-state index contributed by atoms with van der Waals surface area (Å²) in [7, 11) is 0. The van der Waals surface area contributed by atoms with Crippen LogP contribution in [0.2, 0.25) is 0 Å². The van der Waals surface area contributed by atoms with Crippen LogP contribution in [0.5, 0.6) is 0 Å². The first kappa shape index (κ1) is 14.7. The highest BCUT2D eigenvalue weighted by Crippen LogP contribution is 2.15. The van der Waals surface area contributed by atoms with Gasteiger partial charge in [-0.05, 0) is 0 Å². The lowest BCUT2D eigenvalue weighted by atomic mass is 10.0. The van der Waals surface area contributed by atoms with Crippen LogP contribution < -0.4 is 0 Å². The summed E-state index contributed by atoms with van der Waals surface area (Å²) < 4.78 is 4.36. The summed E-state index contributed by atoms with van der Waals surface area (Å²) in [5.41, 5.74) is 0. The molecule has 0 heterocycles. The van der Waals surface area contributed by atoms with Crippen molar-refractivity contribution in [2.75, 3.05) is 13.2 Å². The Morgan fingerprint density at radius 1 is 0.923 bits per heavy atom. The van der Waals surface area contributed by atoms with Crippen LogP contribution in [0.4, 0.5) is 0 Å². The molecule has 13 heavy (non-hydrogen) atoms. The van der Waals surface area contributed by atoms with Crippen molar-refractivity contribution in [3.8, 4) is 0 Å². The van der Waals surface area contributed by atoms with E-state index in [0.717, 1.165) is 0 Å². The predicted molar refractivity (Wildman–Crippen MR) is 54.1 cm³/mol. The number of ether oxygens (including phenoxy) is 1. The van der Waals surface area contributed by atoms with Crippen molar-refractivity contribution in [2.45, 2.75) is 25.7 Å². The topological polar surface area (TPSA) is 49.7 Å². The van der Waals surface area contributed by atoms with Crippen molar-refractivity contribution < 1.29 is 14.9 Å². The Morgan fingerprint density at radius 2 is 1.23 bits per heavy atom. The van der Waals surface area contributed by atoms with Gasteiger partial charge in [0.2, 0.25) is 0 Å². The summed E-state index contributed by atoms with van der Waals surface area (Å²) in [5, 5.41) is 15.2. The Bertz CT molecular complexity index is 86.3. The van der Waals surface area contributed by atoms with E-state index in [0.29, 0.717) is 0 Å². The summed E-state index contributed by atoms with van der Waals surface area (Å²) >= 11 is 0. The van der Waals surface area contributed by atoms with Gasteiger partial charge in [-0.25, -0.2) is 0 Å². The molecule has 0 bridgehead atoms. The molecule has 1 rings (SSSR count). The minimum atomic E-state index is -0.125. The normalized spacial score (nSPS) is 11.8. The molecule has 0 unspecified atom stereocenters. The van der Waals surface area contributed by atoms with Crippen LogP contribution in [0.1, 0.15) is 25.7 Å². The summed E-state index contributed by atoms with van der Waals surface area (Å²) in [6.45, 7) is 6.26. The molecule has 1 aliphatic rings. The highest BCUT2D eigenvalue weighted by Gasteiger charge is 1.95. The summed E-state index contributed by atoms with van der Waals surface area (Å²) in [6.07, 6.45) is 8.62. The van der Waals surface area contributed by atoms with Gasteiger partial charge in [0.05, 0.1) is 25.7 Å². The maximum absolute atomic E-state index is 7.62. The number of rotatable bonds is 3. The molecule has 3 nitrogen and oxygen atoms in total. The Morgan fingerprint density at radius 3 is 1.23 bits per heavy atom. The third-order valence-corrected chi connectivity index (χ3v) is 1.29. The minimum absolute atomic E-state index is 0.125. The van der Waals surface area contributed by atoms with Gasteiger partial charge in [-0.2, -0.15) is 0 Å². The quantitative estimate of drug-likeness (QED) is 0.664. The van der Waals surface area contributed by atoms with E-state index in [1.807, 2.05) is 0 Å². The molecule has 0 aromatic rings. The van der Waals surface area contributed by atoms with Gasteiger partial charge in [-0.1, -0.05) is 38.8 Å². The van der Waals surface area contributed by atoms with Crippen molar-refractivity contribution in [3.05, 3.63) is 25.7 Å². The zero-order valence-electron chi connectivity index (χ0n) is 8.11. The maximum Gasteiger partial charge on any atom is 0.0829 e. The van der Waals surface area contributed by atoms with E-state index < -0.39 is 0 Å². The van der Waals surface area contributed by atoms with Crippen molar-refractivity contribution in [1.82, 2.24) is 0 Å². The van der Waals surface area contributed by atoms with Crippen LogP contribution in [0.15, 0.2) is 25.7 Å². The third kappa shape index (κ3) is 24.7. The first-order valence-electron chi connectivity index (χ1n) is 4.42. The van der Waals surface area contributed by atoms with Gasteiger partial charge < -0.3 is 14.9 Å². The van der Waals surface area contributed by atoms with Gasteiger partial charge in [0.25, 0.3) is 0 Å². The molecule has 0 saturated heterocycles. The zero-order valence-corrected chi connectivity index (χ0v) is 8.11. The van der Waals surface area contributed by atoms with Crippen LogP contribution >= 0.6 is 0 Å². The van der Waals surface area contributed by atoms with Gasteiger partial charge in [0, 0.05) is 0 Å². The molecule has 2 N–H and O–H groups in total. The van der Waals surface area contributed by atoms with Gasteiger partial charge in [-0.3, -0.25) is 0 Å². The smallest absolute Gasteiger partial charge is 0.0829 e. The van der Waals surface area contributed by atoms with Crippen LogP contribution in [0.25, 0.3) is 0 Å². The largest absolute Gasteiger partial charge is 0.474 e. The van der Waals surface area contributed by atoms with Gasteiger partial charge >= 0.3 is 0 Å². The van der Waals surface area contributed by atoms with Crippen LogP contribution in [-0.4, -0.2) is 23.4 Å². The molecule has 0 aromatic carbocycles. The van der Waals surface area contributed by atoms with Crippen molar-refractivity contribution >= 4 is 0 Å². The van der Waals surface area contributed by atoms with E-state index >= 15 is 0 Å². The standard InChI is InChI=1S/C4H6O.C4H8.C2H6O2/c1-3-5-4-2;1-2-4-3-1;3-1-2-4/h3-4H,1-2H2;1-4H2;3-4H,1-2H2. The lowest BCUT2D eigenvalue weighted by molar-refractivity contribution is 0.186. The molecule has 0 radical (unpaired) electrons. The van der Waals surface area contributed by atoms with Crippen LogP contribution in [0.3, 0.4) is 0 Å². The Kier molecular flexibility index (Phi) is 19.6. The summed E-state index contributed by atoms with van der Waals surface area (Å²) in [4.78, 5) is 0. The van der Waals surface area contributed by atoms with E-state index in [4.69, 9.17) is 10.2 Å². The Labute approximate surface area is 80.4 Å². The summed E-state index contributed by atoms with van der Waals surface area (Å²) in [6, 6.07) is 0. The van der Waals surface area contributed by atoms with E-state index in [-0.39, 0.29) is 13.2 Å². The summed E-state index contributed by atoms with van der Waals surface area (Å²) in [5.74, 6) is 0. The first-order chi connectivity index (χ1) is 6.33. The molecular formula is C10H20O3. The van der Waals surface area contributed by atoms with E-state index in [1.165, 1.54) is 38.2 Å². The van der Waals surface area contributed by atoms with Crippen LogP contribution in [-0.2, 0) is 4.74 Å². The molecule has 1 saturated carbocycles. The van der Waals surface area contributed by atoms with E-state index in [2.05, 4.69) is 17.9 Å². The number of aliphatic hydroxyl groups excluding tert-OH is 2. The monoisotopic (exact) mass is 188 g/mol. The third-order valence-electron chi connectivity index (χ3n) is 1.29. The first-order valence-corrected chi connectivity index (χ1v) is 4.42. The molecule has 1 fully saturated rings. The average molecular weight is 188 g/mol. The fourth-order valence-electron chi connectivity index (χ4n) is 0.318. The molecule has 0 spiro atoms. The average Bonchev–Trinajstić information content (AvgIpc) is 2.03. The Hall–Kier alpha value is -0.800. The number of hydrogen-bond acceptors (Lipinski definition) is 3. The van der Waals surface area contributed by atoms with Crippen LogP contribution in [0, 0.1) is 0 Å². The second-order valence-electron chi connectivity index (χ2n) is 2.33. The highest BCUT2D eigenvalue weighted by molar-refractivity contribution is 4.57. The van der Waals surface area contributed by atoms with Gasteiger partial charge in [0.1, 0.15) is 0 Å². The van der Waals surface area contributed by atoms with E-state index in [1.54, 1.807) is 0 Å². The highest BCUT2D eigenvalue weighted by atomic mass is 16.5. The van der Waals surface area contributed by atoms with Gasteiger partial charge in [0.15, 0.2) is 0 Å². The molecule has 0 atom stereocenters. The second-order valence-corrected chi connectivity index (χ2v) is 2.33. The second kappa shape index (κ2) is 17.3. The molecule has 3 heteroatoms. The molecule has 0 aromatic heterocycles. The predicted octanol–water partition coefficient (Wildman–Crippen LogP) is 1.82. The van der Waals surface area contributed by atoms with Crippen molar-refractivity contribution in [3.63, 3.8) is 0 Å². The van der Waals surface area contributed by atoms with Crippen molar-refractivity contribution in [2.24, 2.45) is 0 Å². The zero-order chi connectivity index (χ0) is 10.4. The molecule has 1 aliphatic carbocycles. The maximum atomic E-state index is 7.62. The molecule has 78 valence electrons. The molecule has 0 amide bonds. The van der Waals surface area contributed by atoms with Gasteiger partial charge in [-0.15, -0.1) is 0 Å². The minimum Gasteiger partial charge on any atom is -0.474 e. The Balaban J connectivity index is 0. The van der Waals surface area contributed by atoms with Crippen molar-refractivity contribution in [1.29, 1.82) is 0 Å². The fourth-order valence-corrected chi connectivity index (χ4v) is 0.318. The number of hydrogen-bond donors (Lipinski definition) is 2. The van der Waals surface area contributed by atoms with E-state index in [9.17, 15) is 0 Å². The molecule has 0 aliphatic heterocycles. The lowest BCUT2D eigenvalue weighted by Gasteiger charge is -2.05. The number of aliphatic hydroxyl groups is 2. The fraction of sp³-hybridized carbons (Fsp3) is 0.600.